The summed E-state index contributed by atoms with van der Waals surface area (Å²) < 4.78 is 4.91. The van der Waals surface area contributed by atoms with Gasteiger partial charge >= 0.3 is 6.09 Å². The average molecular weight is 181 g/mol. The van der Waals surface area contributed by atoms with Crippen molar-refractivity contribution in [2.24, 2.45) is 0 Å². The monoisotopic (exact) mass is 181 g/mol. The first-order valence-electron chi connectivity index (χ1n) is 3.70. The Hall–Kier alpha value is -1.78. The van der Waals surface area contributed by atoms with Crippen LogP contribution in [0.3, 0.4) is 0 Å². The summed E-state index contributed by atoms with van der Waals surface area (Å²) in [7, 11) is 3.18. The third-order valence-corrected chi connectivity index (χ3v) is 1.38. The van der Waals surface area contributed by atoms with Crippen LogP contribution in [0.25, 0.3) is 0 Å². The predicted molar refractivity (Wildman–Crippen MR) is 48.4 cm³/mol. The quantitative estimate of drug-likeness (QED) is 0.693. The molecule has 5 heteroatoms. The third-order valence-electron chi connectivity index (χ3n) is 1.38. The smallest absolute Gasteiger partial charge is 0.406 e. The molecule has 0 fully saturated rings. The summed E-state index contributed by atoms with van der Waals surface area (Å²) in [6, 6.07) is 1.57. The molecule has 0 saturated heterocycles. The van der Waals surface area contributed by atoms with E-state index in [0.29, 0.717) is 5.69 Å². The Labute approximate surface area is 76.1 Å². The Morgan fingerprint density at radius 2 is 2.31 bits per heavy atom. The summed E-state index contributed by atoms with van der Waals surface area (Å²) in [5.74, 6) is 0.279. The number of aromatic nitrogens is 1. The molecule has 2 N–H and O–H groups in total. The van der Waals surface area contributed by atoms with Crippen LogP contribution in [0.4, 0.5) is 10.5 Å². The van der Waals surface area contributed by atoms with Gasteiger partial charge in [-0.05, 0) is 6.07 Å². The van der Waals surface area contributed by atoms with E-state index in [1.165, 1.54) is 17.3 Å². The largest absolute Gasteiger partial charge is 0.414 e. The maximum absolute atomic E-state index is 11.1. The fraction of sp³-hybridized carbons (Fsp3) is 0.250. The van der Waals surface area contributed by atoms with E-state index in [-0.39, 0.29) is 5.75 Å². The van der Waals surface area contributed by atoms with Crippen LogP contribution in [0.2, 0.25) is 0 Å². The highest BCUT2D eigenvalue weighted by molar-refractivity contribution is 5.72. The van der Waals surface area contributed by atoms with Gasteiger partial charge in [0.2, 0.25) is 0 Å². The fourth-order valence-electron chi connectivity index (χ4n) is 0.661. The first kappa shape index (κ1) is 9.31. The molecule has 0 bridgehead atoms. The van der Waals surface area contributed by atoms with E-state index in [1.54, 1.807) is 20.2 Å². The first-order valence-corrected chi connectivity index (χ1v) is 3.70. The molecule has 1 aromatic heterocycles. The lowest BCUT2D eigenvalue weighted by molar-refractivity contribution is 0.172. The minimum atomic E-state index is -0.472. The van der Waals surface area contributed by atoms with Crippen LogP contribution in [0.15, 0.2) is 18.5 Å². The molecule has 0 radical (unpaired) electrons. The molecule has 0 aromatic carbocycles. The number of amides is 1. The Balaban J connectivity index is 2.75. The van der Waals surface area contributed by atoms with Gasteiger partial charge in [0, 0.05) is 20.3 Å². The van der Waals surface area contributed by atoms with Gasteiger partial charge in [0.05, 0.1) is 11.9 Å². The minimum absolute atomic E-state index is 0.279. The zero-order valence-electron chi connectivity index (χ0n) is 7.52. The predicted octanol–water partition coefficient (Wildman–Crippen LogP) is 0.724. The average Bonchev–Trinajstić information content (AvgIpc) is 2.08. The Bertz CT molecular complexity index is 312. The van der Waals surface area contributed by atoms with E-state index >= 15 is 0 Å². The van der Waals surface area contributed by atoms with E-state index in [2.05, 4.69) is 4.98 Å². The van der Waals surface area contributed by atoms with Crippen LogP contribution in [-0.2, 0) is 0 Å². The molecule has 0 aliphatic carbocycles. The molecule has 1 amide bonds. The van der Waals surface area contributed by atoms with Gasteiger partial charge in [-0.3, -0.25) is 4.98 Å². The lowest BCUT2D eigenvalue weighted by Crippen LogP contribution is -2.25. The molecule has 70 valence electrons. The molecule has 5 nitrogen and oxygen atoms in total. The van der Waals surface area contributed by atoms with Crippen molar-refractivity contribution in [2.75, 3.05) is 19.8 Å². The van der Waals surface area contributed by atoms with Crippen LogP contribution in [-0.4, -0.2) is 30.1 Å². The number of ether oxygens (including phenoxy) is 1. The number of carbonyl (C=O) groups is 1. The second-order valence-corrected chi connectivity index (χ2v) is 2.68. The Kier molecular flexibility index (Phi) is 2.69. The van der Waals surface area contributed by atoms with Crippen molar-refractivity contribution in [1.82, 2.24) is 9.88 Å². The van der Waals surface area contributed by atoms with Crippen molar-refractivity contribution < 1.29 is 9.53 Å². The molecule has 13 heavy (non-hydrogen) atoms. The molecule has 1 heterocycles. The molecule has 0 aliphatic heterocycles. The molecule has 0 atom stereocenters. The Morgan fingerprint density at radius 3 is 2.85 bits per heavy atom. The normalized spacial score (nSPS) is 9.38. The van der Waals surface area contributed by atoms with Crippen molar-refractivity contribution >= 4 is 11.8 Å². The van der Waals surface area contributed by atoms with Crippen LogP contribution in [0.5, 0.6) is 5.75 Å². The summed E-state index contributed by atoms with van der Waals surface area (Å²) in [6.45, 7) is 0. The third kappa shape index (κ3) is 2.33. The second kappa shape index (κ2) is 3.75. The van der Waals surface area contributed by atoms with Gasteiger partial charge < -0.3 is 15.4 Å². The highest BCUT2D eigenvalue weighted by Crippen LogP contribution is 2.18. The highest BCUT2D eigenvalue weighted by atomic mass is 16.6. The highest BCUT2D eigenvalue weighted by Gasteiger charge is 2.08. The van der Waals surface area contributed by atoms with Crippen molar-refractivity contribution in [2.45, 2.75) is 0 Å². The zero-order valence-corrected chi connectivity index (χ0v) is 7.52. The number of nitrogens with two attached hydrogens (primary N) is 1. The number of hydrogen-bond acceptors (Lipinski definition) is 4. The lowest BCUT2D eigenvalue weighted by Gasteiger charge is -2.11. The van der Waals surface area contributed by atoms with Gasteiger partial charge in [0.25, 0.3) is 0 Å². The summed E-state index contributed by atoms with van der Waals surface area (Å²) >= 11 is 0. The van der Waals surface area contributed by atoms with E-state index in [1.807, 2.05) is 0 Å². The summed E-state index contributed by atoms with van der Waals surface area (Å²) in [5.41, 5.74) is 5.93. The molecule has 1 rings (SSSR count). The van der Waals surface area contributed by atoms with Gasteiger partial charge in [0.1, 0.15) is 0 Å². The van der Waals surface area contributed by atoms with E-state index in [9.17, 15) is 4.79 Å². The van der Waals surface area contributed by atoms with Crippen LogP contribution in [0, 0.1) is 0 Å². The second-order valence-electron chi connectivity index (χ2n) is 2.68. The van der Waals surface area contributed by atoms with E-state index < -0.39 is 6.09 Å². The van der Waals surface area contributed by atoms with E-state index in [0.717, 1.165) is 0 Å². The number of nitrogen functional groups attached to an aromatic ring is 1. The Morgan fingerprint density at radius 1 is 1.62 bits per heavy atom. The topological polar surface area (TPSA) is 68.5 Å². The van der Waals surface area contributed by atoms with Crippen LogP contribution in [0.1, 0.15) is 0 Å². The van der Waals surface area contributed by atoms with E-state index in [4.69, 9.17) is 10.5 Å². The number of nitrogens with zero attached hydrogens (tertiary/aromatic N) is 2. The van der Waals surface area contributed by atoms with Gasteiger partial charge in [-0.1, -0.05) is 0 Å². The number of pyridine rings is 1. The summed E-state index contributed by atoms with van der Waals surface area (Å²) in [4.78, 5) is 16.2. The zero-order chi connectivity index (χ0) is 9.84. The minimum Gasteiger partial charge on any atom is -0.406 e. The van der Waals surface area contributed by atoms with Gasteiger partial charge in [-0.25, -0.2) is 4.79 Å². The van der Waals surface area contributed by atoms with Gasteiger partial charge in [-0.15, -0.1) is 0 Å². The van der Waals surface area contributed by atoms with Crippen LogP contribution >= 0.6 is 0 Å². The first-order chi connectivity index (χ1) is 6.11. The van der Waals surface area contributed by atoms with Crippen LogP contribution < -0.4 is 10.5 Å². The fourth-order valence-corrected chi connectivity index (χ4v) is 0.661. The maximum Gasteiger partial charge on any atom is 0.414 e. The lowest BCUT2D eigenvalue weighted by atomic mass is 10.4. The number of rotatable bonds is 1. The number of carbonyl (C=O) groups excluding carboxylic acids is 1. The van der Waals surface area contributed by atoms with Crippen molar-refractivity contribution in [1.29, 1.82) is 0 Å². The van der Waals surface area contributed by atoms with Crippen molar-refractivity contribution in [3.63, 3.8) is 0 Å². The molecule has 0 saturated carbocycles. The molecular weight excluding hydrogens is 170 g/mol. The SMILES string of the molecule is CN(C)C(=O)Oc1cnccc1N. The maximum atomic E-state index is 11.1. The van der Waals surface area contributed by atoms with Crippen molar-refractivity contribution in [3.8, 4) is 5.75 Å². The molecule has 0 spiro atoms. The summed E-state index contributed by atoms with van der Waals surface area (Å²) in [5, 5.41) is 0. The standard InChI is InChI=1S/C8H11N3O2/c1-11(2)8(12)13-7-5-10-4-3-6(7)9/h3-5H,1-2H3,(H2,9,10). The van der Waals surface area contributed by atoms with Gasteiger partial charge in [-0.2, -0.15) is 0 Å². The van der Waals surface area contributed by atoms with Gasteiger partial charge in [0.15, 0.2) is 5.75 Å². The molecule has 0 aliphatic rings. The molecular formula is C8H11N3O2. The summed E-state index contributed by atoms with van der Waals surface area (Å²) in [6.07, 6.45) is 2.46. The molecule has 0 unspecified atom stereocenters. The van der Waals surface area contributed by atoms with Crippen molar-refractivity contribution in [3.05, 3.63) is 18.5 Å². The molecule has 1 aromatic rings. The number of anilines is 1. The number of hydrogen-bond donors (Lipinski definition) is 1.